The summed E-state index contributed by atoms with van der Waals surface area (Å²) in [4.78, 5) is 23.5. The van der Waals surface area contributed by atoms with Crippen LogP contribution in [0.5, 0.6) is 0 Å². The fourth-order valence-electron chi connectivity index (χ4n) is 1.75. The van der Waals surface area contributed by atoms with E-state index in [9.17, 15) is 9.59 Å². The van der Waals surface area contributed by atoms with Crippen LogP contribution in [0.15, 0.2) is 36.4 Å². The predicted octanol–water partition coefficient (Wildman–Crippen LogP) is 1.38. The van der Waals surface area contributed by atoms with Gasteiger partial charge < -0.3 is 0 Å². The third kappa shape index (κ3) is 5.33. The molecule has 0 fully saturated rings. The standard InChI is InChI=1S/C16H17N5O2S/c1-10-3-5-12(6-4-10)7-8-14(22)17-16(24)21-20-15(23)13-9-11(2)18-19-13/h3-9H,1-2H3,(H,18,19)(H,20,23)(H2,17,21,22,24)/b8-7+. The molecule has 2 rings (SSSR count). The summed E-state index contributed by atoms with van der Waals surface area (Å²) < 4.78 is 0. The molecule has 2 aromatic rings. The Hall–Kier alpha value is -3.00. The van der Waals surface area contributed by atoms with E-state index in [-0.39, 0.29) is 10.8 Å². The summed E-state index contributed by atoms with van der Waals surface area (Å²) in [5.74, 6) is -0.871. The maximum absolute atomic E-state index is 11.8. The van der Waals surface area contributed by atoms with Gasteiger partial charge in [0.1, 0.15) is 0 Å². The number of hydrogen-bond donors (Lipinski definition) is 4. The van der Waals surface area contributed by atoms with E-state index in [1.165, 1.54) is 6.08 Å². The van der Waals surface area contributed by atoms with Crippen LogP contribution >= 0.6 is 12.2 Å². The third-order valence-electron chi connectivity index (χ3n) is 2.97. The van der Waals surface area contributed by atoms with Crippen LogP contribution in [-0.4, -0.2) is 27.1 Å². The highest BCUT2D eigenvalue weighted by Gasteiger charge is 2.09. The number of nitrogens with one attached hydrogen (secondary N) is 4. The molecule has 0 atom stereocenters. The first kappa shape index (κ1) is 17.4. The molecule has 0 aliphatic carbocycles. The summed E-state index contributed by atoms with van der Waals surface area (Å²) in [7, 11) is 0. The molecule has 1 aromatic heterocycles. The SMILES string of the molecule is Cc1ccc(/C=C/C(=O)NC(=S)NNC(=O)c2cc(C)[nH]n2)cc1. The molecule has 0 saturated carbocycles. The van der Waals surface area contributed by atoms with Crippen LogP contribution in [0.3, 0.4) is 0 Å². The molecule has 0 radical (unpaired) electrons. The van der Waals surface area contributed by atoms with Crippen molar-refractivity contribution in [1.29, 1.82) is 0 Å². The Morgan fingerprint density at radius 1 is 1.17 bits per heavy atom. The van der Waals surface area contributed by atoms with E-state index in [1.807, 2.05) is 31.2 Å². The molecule has 0 unspecified atom stereocenters. The summed E-state index contributed by atoms with van der Waals surface area (Å²) in [6.07, 6.45) is 3.03. The van der Waals surface area contributed by atoms with Crippen molar-refractivity contribution in [3.8, 4) is 0 Å². The molecule has 2 amide bonds. The number of H-pyrrole nitrogens is 1. The number of rotatable bonds is 3. The van der Waals surface area contributed by atoms with Crippen LogP contribution in [0, 0.1) is 13.8 Å². The number of hydrazine groups is 1. The molecule has 7 nitrogen and oxygen atoms in total. The summed E-state index contributed by atoms with van der Waals surface area (Å²) in [5.41, 5.74) is 7.81. The van der Waals surface area contributed by atoms with E-state index in [0.717, 1.165) is 16.8 Å². The molecule has 8 heteroatoms. The maximum atomic E-state index is 11.8. The Morgan fingerprint density at radius 2 is 1.88 bits per heavy atom. The van der Waals surface area contributed by atoms with Gasteiger partial charge in [0.25, 0.3) is 5.91 Å². The highest BCUT2D eigenvalue weighted by molar-refractivity contribution is 7.80. The molecule has 4 N–H and O–H groups in total. The second-order valence-corrected chi connectivity index (χ2v) is 5.49. The van der Waals surface area contributed by atoms with Crippen LogP contribution in [0.2, 0.25) is 0 Å². The molecule has 124 valence electrons. The fraction of sp³-hybridized carbons (Fsp3) is 0.125. The van der Waals surface area contributed by atoms with E-state index >= 15 is 0 Å². The molecule has 1 aromatic carbocycles. The maximum Gasteiger partial charge on any atom is 0.290 e. The van der Waals surface area contributed by atoms with Crippen molar-refractivity contribution in [1.82, 2.24) is 26.4 Å². The lowest BCUT2D eigenvalue weighted by Crippen LogP contribution is -2.48. The van der Waals surface area contributed by atoms with Crippen LogP contribution in [0.4, 0.5) is 0 Å². The van der Waals surface area contributed by atoms with E-state index in [4.69, 9.17) is 12.2 Å². The van der Waals surface area contributed by atoms with Crippen LogP contribution in [0.1, 0.15) is 27.3 Å². The topological polar surface area (TPSA) is 98.9 Å². The molecule has 1 heterocycles. The van der Waals surface area contributed by atoms with Gasteiger partial charge in [0, 0.05) is 11.8 Å². The summed E-state index contributed by atoms with van der Waals surface area (Å²) in [5, 5.41) is 8.87. The smallest absolute Gasteiger partial charge is 0.290 e. The van der Waals surface area contributed by atoms with Gasteiger partial charge in [-0.1, -0.05) is 29.8 Å². The van der Waals surface area contributed by atoms with Gasteiger partial charge in [-0.2, -0.15) is 5.10 Å². The average Bonchev–Trinajstić information content (AvgIpc) is 2.98. The minimum Gasteiger partial charge on any atom is -0.298 e. The van der Waals surface area contributed by atoms with Crippen molar-refractivity contribution in [3.05, 3.63) is 58.9 Å². The molecule has 0 bridgehead atoms. The summed E-state index contributed by atoms with van der Waals surface area (Å²) >= 11 is 4.93. The van der Waals surface area contributed by atoms with Gasteiger partial charge in [-0.05, 0) is 43.8 Å². The first-order chi connectivity index (χ1) is 11.4. The number of benzene rings is 1. The lowest BCUT2D eigenvalue weighted by Gasteiger charge is -2.08. The Balaban J connectivity index is 1.78. The van der Waals surface area contributed by atoms with Gasteiger partial charge in [0.05, 0.1) is 0 Å². The molecular weight excluding hydrogens is 326 g/mol. The zero-order valence-corrected chi connectivity index (χ0v) is 14.0. The third-order valence-corrected chi connectivity index (χ3v) is 3.17. The first-order valence-corrected chi connectivity index (χ1v) is 7.53. The first-order valence-electron chi connectivity index (χ1n) is 7.12. The van der Waals surface area contributed by atoms with Gasteiger partial charge in [0.15, 0.2) is 10.8 Å². The summed E-state index contributed by atoms with van der Waals surface area (Å²) in [6, 6.07) is 9.30. The average molecular weight is 343 g/mol. The van der Waals surface area contributed by atoms with Crippen LogP contribution < -0.4 is 16.2 Å². The minimum atomic E-state index is -0.467. The Morgan fingerprint density at radius 3 is 2.50 bits per heavy atom. The largest absolute Gasteiger partial charge is 0.298 e. The number of hydrogen-bond acceptors (Lipinski definition) is 4. The van der Waals surface area contributed by atoms with Gasteiger partial charge >= 0.3 is 0 Å². The van der Waals surface area contributed by atoms with Gasteiger partial charge in [-0.15, -0.1) is 0 Å². The Bertz CT molecular complexity index is 780. The lowest BCUT2D eigenvalue weighted by atomic mass is 10.1. The fourth-order valence-corrected chi connectivity index (χ4v) is 1.90. The highest BCUT2D eigenvalue weighted by Crippen LogP contribution is 2.04. The van der Waals surface area contributed by atoms with E-state index < -0.39 is 11.8 Å². The number of aromatic amines is 1. The molecule has 0 spiro atoms. The molecule has 24 heavy (non-hydrogen) atoms. The van der Waals surface area contributed by atoms with Crippen molar-refractivity contribution in [2.75, 3.05) is 0 Å². The number of thiocarbonyl (C=S) groups is 1. The van der Waals surface area contributed by atoms with Crippen molar-refractivity contribution in [3.63, 3.8) is 0 Å². The Labute approximate surface area is 144 Å². The predicted molar refractivity (Wildman–Crippen MR) is 94.9 cm³/mol. The van der Waals surface area contributed by atoms with Crippen molar-refractivity contribution < 1.29 is 9.59 Å². The van der Waals surface area contributed by atoms with Crippen LogP contribution in [0.25, 0.3) is 6.08 Å². The highest BCUT2D eigenvalue weighted by atomic mass is 32.1. The second kappa shape index (κ2) is 8.02. The van der Waals surface area contributed by atoms with Gasteiger partial charge in [0.2, 0.25) is 5.91 Å². The van der Waals surface area contributed by atoms with Crippen molar-refractivity contribution in [2.24, 2.45) is 0 Å². The quantitative estimate of drug-likeness (QED) is 0.383. The van der Waals surface area contributed by atoms with Crippen molar-refractivity contribution >= 4 is 35.2 Å². The monoisotopic (exact) mass is 343 g/mol. The molecular formula is C16H17N5O2S. The van der Waals surface area contributed by atoms with Crippen LogP contribution in [-0.2, 0) is 4.79 Å². The molecule has 0 aliphatic heterocycles. The minimum absolute atomic E-state index is 0.0193. The molecule has 0 aliphatic rings. The number of nitrogens with zero attached hydrogens (tertiary/aromatic N) is 1. The van der Waals surface area contributed by atoms with E-state index in [1.54, 1.807) is 19.1 Å². The molecule has 0 saturated heterocycles. The zero-order chi connectivity index (χ0) is 17.5. The van der Waals surface area contributed by atoms with Crippen molar-refractivity contribution in [2.45, 2.75) is 13.8 Å². The number of amides is 2. The normalized spacial score (nSPS) is 10.4. The second-order valence-electron chi connectivity index (χ2n) is 5.08. The van der Waals surface area contributed by atoms with E-state index in [2.05, 4.69) is 26.4 Å². The number of carbonyl (C=O) groups excluding carboxylic acids is 2. The number of aryl methyl sites for hydroxylation is 2. The van der Waals surface area contributed by atoms with Gasteiger partial charge in [-0.25, -0.2) is 0 Å². The lowest BCUT2D eigenvalue weighted by molar-refractivity contribution is -0.115. The number of carbonyl (C=O) groups is 2. The zero-order valence-electron chi connectivity index (χ0n) is 13.2. The number of aromatic nitrogens is 2. The summed E-state index contributed by atoms with van der Waals surface area (Å²) in [6.45, 7) is 3.77. The van der Waals surface area contributed by atoms with E-state index in [0.29, 0.717) is 0 Å². The van der Waals surface area contributed by atoms with Gasteiger partial charge in [-0.3, -0.25) is 30.9 Å². The Kier molecular flexibility index (Phi) is 5.80.